The van der Waals surface area contributed by atoms with E-state index in [0.29, 0.717) is 18.2 Å². The molecule has 5 nitrogen and oxygen atoms in total. The molecule has 1 unspecified atom stereocenters. The predicted octanol–water partition coefficient (Wildman–Crippen LogP) is 5.04. The van der Waals surface area contributed by atoms with Gasteiger partial charge in [-0.05, 0) is 31.2 Å². The summed E-state index contributed by atoms with van der Waals surface area (Å²) in [7, 11) is 2.05. The molecule has 6 heteroatoms. The van der Waals surface area contributed by atoms with E-state index < -0.39 is 6.04 Å². The maximum absolute atomic E-state index is 13.7. The number of rotatable bonds is 5. The van der Waals surface area contributed by atoms with Crippen molar-refractivity contribution in [2.45, 2.75) is 75.9 Å². The highest BCUT2D eigenvalue weighted by Crippen LogP contribution is 2.43. The molecular formula is C25H35N3O2S. The average Bonchev–Trinajstić information content (AvgIpc) is 2.95. The monoisotopic (exact) mass is 441 g/mol. The summed E-state index contributed by atoms with van der Waals surface area (Å²) in [6.45, 7) is 4.98. The second-order valence-corrected chi connectivity index (χ2v) is 10.4. The molecule has 2 aromatic rings. The zero-order valence-electron chi connectivity index (χ0n) is 19.0. The van der Waals surface area contributed by atoms with Gasteiger partial charge < -0.3 is 14.8 Å². The third-order valence-corrected chi connectivity index (χ3v) is 7.91. The first-order valence-electron chi connectivity index (χ1n) is 11.8. The molecular weight excluding hydrogens is 406 g/mol. The second-order valence-electron chi connectivity index (χ2n) is 9.41. The van der Waals surface area contributed by atoms with Crippen LogP contribution in [0, 0.1) is 5.92 Å². The van der Waals surface area contributed by atoms with Crippen LogP contribution in [0.5, 0.6) is 0 Å². The number of benzene rings is 1. The molecule has 0 saturated heterocycles. The van der Waals surface area contributed by atoms with Crippen molar-refractivity contribution in [2.75, 3.05) is 12.3 Å². The Morgan fingerprint density at radius 1 is 1.16 bits per heavy atom. The number of para-hydroxylation sites is 1. The molecule has 0 spiro atoms. The number of amides is 2. The summed E-state index contributed by atoms with van der Waals surface area (Å²) >= 11 is 1.58. The Morgan fingerprint density at radius 2 is 1.87 bits per heavy atom. The summed E-state index contributed by atoms with van der Waals surface area (Å²) in [6, 6.07) is 7.86. The number of carbonyl (C=O) groups excluding carboxylic acids is 2. The van der Waals surface area contributed by atoms with Crippen molar-refractivity contribution in [2.24, 2.45) is 13.0 Å². The molecule has 1 aliphatic carbocycles. The third-order valence-electron chi connectivity index (χ3n) is 6.75. The van der Waals surface area contributed by atoms with E-state index in [1.54, 1.807) is 11.8 Å². The maximum atomic E-state index is 13.7. The van der Waals surface area contributed by atoms with E-state index in [1.807, 2.05) is 24.1 Å². The minimum atomic E-state index is -0.557. The lowest BCUT2D eigenvalue weighted by molar-refractivity contribution is -0.142. The number of carbonyl (C=O) groups is 2. The fourth-order valence-corrected chi connectivity index (χ4v) is 6.19. The number of nitrogens with one attached hydrogen (secondary N) is 1. The van der Waals surface area contributed by atoms with Crippen LogP contribution < -0.4 is 5.32 Å². The molecule has 1 N–H and O–H groups in total. The summed E-state index contributed by atoms with van der Waals surface area (Å²) in [5.74, 6) is 0.987. The molecule has 1 fully saturated rings. The van der Waals surface area contributed by atoms with Crippen LogP contribution in [0.4, 0.5) is 0 Å². The Hall–Kier alpha value is -1.95. The van der Waals surface area contributed by atoms with E-state index in [9.17, 15) is 9.59 Å². The van der Waals surface area contributed by atoms with Crippen LogP contribution in [0.1, 0.15) is 70.4 Å². The molecule has 0 radical (unpaired) electrons. The van der Waals surface area contributed by atoms with Crippen molar-refractivity contribution < 1.29 is 9.59 Å². The van der Waals surface area contributed by atoms with Gasteiger partial charge in [-0.3, -0.25) is 9.59 Å². The number of hydrogen-bond acceptors (Lipinski definition) is 3. The van der Waals surface area contributed by atoms with E-state index in [2.05, 4.69) is 35.9 Å². The van der Waals surface area contributed by atoms with E-state index in [1.165, 1.54) is 12.8 Å². The van der Waals surface area contributed by atoms with E-state index >= 15 is 0 Å². The first-order chi connectivity index (χ1) is 15.0. The summed E-state index contributed by atoms with van der Waals surface area (Å²) in [5, 5.41) is 5.32. The zero-order valence-corrected chi connectivity index (χ0v) is 19.8. The Kier molecular flexibility index (Phi) is 6.95. The first-order valence-corrected chi connectivity index (χ1v) is 12.8. The highest BCUT2D eigenvalue weighted by atomic mass is 32.2. The topological polar surface area (TPSA) is 54.3 Å². The molecule has 2 amide bonds. The van der Waals surface area contributed by atoms with Crippen LogP contribution in [0.25, 0.3) is 10.9 Å². The minimum Gasteiger partial charge on any atom is -0.354 e. The van der Waals surface area contributed by atoms with Crippen LogP contribution >= 0.6 is 11.8 Å². The zero-order chi connectivity index (χ0) is 22.0. The Bertz CT molecular complexity index is 944. The van der Waals surface area contributed by atoms with E-state index in [4.69, 9.17) is 0 Å². The number of aromatic nitrogens is 1. The van der Waals surface area contributed by atoms with Gasteiger partial charge >= 0.3 is 0 Å². The summed E-state index contributed by atoms with van der Waals surface area (Å²) in [4.78, 5) is 29.1. The Morgan fingerprint density at radius 3 is 2.58 bits per heavy atom. The lowest BCUT2D eigenvalue weighted by Gasteiger charge is -2.36. The number of fused-ring (bicyclic) bond motifs is 3. The van der Waals surface area contributed by atoms with Crippen LogP contribution in [0.2, 0.25) is 0 Å². The lowest BCUT2D eigenvalue weighted by atomic mass is 9.98. The van der Waals surface area contributed by atoms with Crippen molar-refractivity contribution in [1.29, 1.82) is 0 Å². The van der Waals surface area contributed by atoms with Gasteiger partial charge in [0.1, 0.15) is 6.04 Å². The Balaban J connectivity index is 1.80. The van der Waals surface area contributed by atoms with Crippen molar-refractivity contribution >= 4 is 34.5 Å². The molecule has 2 aliphatic rings. The summed E-state index contributed by atoms with van der Waals surface area (Å²) in [6.07, 6.45) is 7.62. The molecule has 1 aliphatic heterocycles. The number of hydrogen-bond donors (Lipinski definition) is 1. The number of thioether (sulfide) groups is 1. The highest BCUT2D eigenvalue weighted by molar-refractivity contribution is 8.00. The Labute approximate surface area is 189 Å². The largest absolute Gasteiger partial charge is 0.354 e. The third kappa shape index (κ3) is 4.50. The molecule has 1 aromatic carbocycles. The summed E-state index contributed by atoms with van der Waals surface area (Å²) in [5.41, 5.74) is 2.13. The van der Waals surface area contributed by atoms with Crippen molar-refractivity contribution in [3.05, 3.63) is 29.8 Å². The quantitative estimate of drug-likeness (QED) is 0.662. The molecule has 168 valence electrons. The maximum Gasteiger partial charge on any atom is 0.247 e. The number of aryl methyl sites for hydroxylation is 1. The fraction of sp³-hybridized carbons (Fsp3) is 0.600. The molecule has 31 heavy (non-hydrogen) atoms. The summed E-state index contributed by atoms with van der Waals surface area (Å²) < 4.78 is 2.16. The van der Waals surface area contributed by atoms with Gasteiger partial charge in [-0.25, -0.2) is 0 Å². The lowest BCUT2D eigenvalue weighted by Crippen LogP contribution is -2.49. The molecule has 4 rings (SSSR count). The van der Waals surface area contributed by atoms with Gasteiger partial charge in [0, 0.05) is 36.1 Å². The smallest absolute Gasteiger partial charge is 0.247 e. The standard InChI is InChI=1S/C25H35N3O2S/c1-17(2)14-15-26-24(30)23-22-19-12-8-9-13-20(19)27(3)25(22)31-16-21(29)28(23)18-10-6-4-5-7-11-18/h8-9,12-13,17-18,23H,4-7,10-11,14-16H2,1-3H3,(H,26,30). The average molecular weight is 442 g/mol. The van der Waals surface area contributed by atoms with Crippen LogP contribution in [-0.2, 0) is 16.6 Å². The van der Waals surface area contributed by atoms with Gasteiger partial charge in [-0.1, -0.05) is 69.5 Å². The second kappa shape index (κ2) is 9.68. The van der Waals surface area contributed by atoms with E-state index in [-0.39, 0.29) is 17.9 Å². The van der Waals surface area contributed by atoms with Gasteiger partial charge in [0.15, 0.2) is 0 Å². The minimum absolute atomic E-state index is 0.0293. The van der Waals surface area contributed by atoms with E-state index in [0.717, 1.165) is 53.6 Å². The van der Waals surface area contributed by atoms with Gasteiger partial charge in [0.25, 0.3) is 0 Å². The van der Waals surface area contributed by atoms with Gasteiger partial charge in [0.2, 0.25) is 11.8 Å². The molecule has 1 aromatic heterocycles. The predicted molar refractivity (Wildman–Crippen MR) is 127 cm³/mol. The highest BCUT2D eigenvalue weighted by Gasteiger charge is 2.41. The molecule has 2 heterocycles. The fourth-order valence-electron chi connectivity index (χ4n) is 5.11. The molecule has 1 atom stereocenters. The van der Waals surface area contributed by atoms with Crippen LogP contribution in [0.15, 0.2) is 29.3 Å². The van der Waals surface area contributed by atoms with Crippen molar-refractivity contribution in [1.82, 2.24) is 14.8 Å². The SMILES string of the molecule is CC(C)CCNC(=O)C1c2c(n(C)c3ccccc23)SCC(=O)N1C1CCCCCC1. The normalized spacial score (nSPS) is 20.6. The van der Waals surface area contributed by atoms with Gasteiger partial charge in [0.05, 0.1) is 10.8 Å². The molecule has 1 saturated carbocycles. The van der Waals surface area contributed by atoms with Crippen molar-refractivity contribution in [3.8, 4) is 0 Å². The van der Waals surface area contributed by atoms with Gasteiger partial charge in [-0.15, -0.1) is 0 Å². The van der Waals surface area contributed by atoms with Crippen LogP contribution in [-0.4, -0.2) is 39.6 Å². The van der Waals surface area contributed by atoms with Crippen LogP contribution in [0.3, 0.4) is 0 Å². The molecule has 0 bridgehead atoms. The number of nitrogens with zero attached hydrogens (tertiary/aromatic N) is 2. The first kappa shape index (κ1) is 22.3. The van der Waals surface area contributed by atoms with Gasteiger partial charge in [-0.2, -0.15) is 0 Å². The van der Waals surface area contributed by atoms with Crippen molar-refractivity contribution in [3.63, 3.8) is 0 Å².